The predicted octanol–water partition coefficient (Wildman–Crippen LogP) is 2.75. The van der Waals surface area contributed by atoms with Crippen LogP contribution >= 0.6 is 11.8 Å². The standard InChI is InChI=1S/C15H22N2OS/c1-17(13-7-5-12(16)6-8-13)15(18)11-3-9-14(19-2)10-4-11/h3-4,9-10,12-13H,5-8,16H2,1-2H3. The Morgan fingerprint density at radius 2 is 1.79 bits per heavy atom. The lowest BCUT2D eigenvalue weighted by molar-refractivity contribution is 0.0690. The molecule has 1 aromatic carbocycles. The number of carbonyl (C=O) groups excluding carboxylic acids is 1. The normalized spacial score (nSPS) is 23.1. The number of hydrogen-bond acceptors (Lipinski definition) is 3. The lowest BCUT2D eigenvalue weighted by atomic mass is 9.90. The minimum Gasteiger partial charge on any atom is -0.339 e. The number of nitrogens with zero attached hydrogens (tertiary/aromatic N) is 1. The number of rotatable bonds is 3. The third kappa shape index (κ3) is 3.51. The Balaban J connectivity index is 2.01. The summed E-state index contributed by atoms with van der Waals surface area (Å²) in [5.74, 6) is 0.119. The van der Waals surface area contributed by atoms with E-state index < -0.39 is 0 Å². The van der Waals surface area contributed by atoms with Crippen molar-refractivity contribution in [1.29, 1.82) is 0 Å². The number of thioether (sulfide) groups is 1. The molecular formula is C15H22N2OS. The highest BCUT2D eigenvalue weighted by molar-refractivity contribution is 7.98. The SMILES string of the molecule is CSc1ccc(C(=O)N(C)C2CCC(N)CC2)cc1. The van der Waals surface area contributed by atoms with Gasteiger partial charge in [0.15, 0.2) is 0 Å². The first-order valence-corrected chi connectivity index (χ1v) is 8.01. The molecule has 0 atom stereocenters. The van der Waals surface area contributed by atoms with Crippen LogP contribution in [0.2, 0.25) is 0 Å². The van der Waals surface area contributed by atoms with E-state index in [1.165, 1.54) is 4.90 Å². The molecular weight excluding hydrogens is 256 g/mol. The van der Waals surface area contributed by atoms with Crippen LogP contribution in [-0.2, 0) is 0 Å². The van der Waals surface area contributed by atoms with E-state index in [2.05, 4.69) is 0 Å². The van der Waals surface area contributed by atoms with E-state index in [0.29, 0.717) is 12.1 Å². The van der Waals surface area contributed by atoms with Crippen molar-refractivity contribution in [2.75, 3.05) is 13.3 Å². The zero-order valence-corrected chi connectivity index (χ0v) is 12.5. The van der Waals surface area contributed by atoms with Gasteiger partial charge in [-0.05, 0) is 56.2 Å². The Morgan fingerprint density at radius 3 is 2.32 bits per heavy atom. The number of carbonyl (C=O) groups is 1. The highest BCUT2D eigenvalue weighted by Gasteiger charge is 2.25. The van der Waals surface area contributed by atoms with E-state index in [4.69, 9.17) is 5.73 Å². The fraction of sp³-hybridized carbons (Fsp3) is 0.533. The molecule has 0 bridgehead atoms. The van der Waals surface area contributed by atoms with Crippen molar-refractivity contribution in [1.82, 2.24) is 4.90 Å². The molecule has 0 radical (unpaired) electrons. The topological polar surface area (TPSA) is 46.3 Å². The summed E-state index contributed by atoms with van der Waals surface area (Å²) >= 11 is 1.69. The first-order chi connectivity index (χ1) is 9.11. The van der Waals surface area contributed by atoms with Crippen LogP contribution in [0.15, 0.2) is 29.2 Å². The molecule has 0 aromatic heterocycles. The highest BCUT2D eigenvalue weighted by atomic mass is 32.2. The summed E-state index contributed by atoms with van der Waals surface area (Å²) in [4.78, 5) is 15.5. The Hall–Kier alpha value is -1.00. The quantitative estimate of drug-likeness (QED) is 0.865. The van der Waals surface area contributed by atoms with Gasteiger partial charge in [0.25, 0.3) is 5.91 Å². The Labute approximate surface area is 119 Å². The highest BCUT2D eigenvalue weighted by Crippen LogP contribution is 2.23. The maximum Gasteiger partial charge on any atom is 0.253 e. The van der Waals surface area contributed by atoms with Gasteiger partial charge in [0.1, 0.15) is 0 Å². The molecule has 0 heterocycles. The maximum atomic E-state index is 12.4. The van der Waals surface area contributed by atoms with Crippen molar-refractivity contribution < 1.29 is 4.79 Å². The van der Waals surface area contributed by atoms with E-state index in [0.717, 1.165) is 31.2 Å². The fourth-order valence-corrected chi connectivity index (χ4v) is 3.00. The Morgan fingerprint density at radius 1 is 1.21 bits per heavy atom. The second kappa shape index (κ2) is 6.44. The second-order valence-electron chi connectivity index (χ2n) is 5.21. The second-order valence-corrected chi connectivity index (χ2v) is 6.09. The summed E-state index contributed by atoms with van der Waals surface area (Å²) in [7, 11) is 1.91. The minimum absolute atomic E-state index is 0.119. The van der Waals surface area contributed by atoms with E-state index in [-0.39, 0.29) is 5.91 Å². The van der Waals surface area contributed by atoms with Crippen LogP contribution in [0.5, 0.6) is 0 Å². The summed E-state index contributed by atoms with van der Waals surface area (Å²) in [6.07, 6.45) is 6.12. The molecule has 0 unspecified atom stereocenters. The third-order valence-corrected chi connectivity index (χ3v) is 4.69. The molecule has 4 heteroatoms. The van der Waals surface area contributed by atoms with Crippen molar-refractivity contribution in [3.05, 3.63) is 29.8 Å². The van der Waals surface area contributed by atoms with Crippen LogP contribution in [0.1, 0.15) is 36.0 Å². The molecule has 1 aliphatic carbocycles. The molecule has 1 fully saturated rings. The molecule has 19 heavy (non-hydrogen) atoms. The largest absolute Gasteiger partial charge is 0.339 e. The van der Waals surface area contributed by atoms with Gasteiger partial charge in [-0.2, -0.15) is 0 Å². The first-order valence-electron chi connectivity index (χ1n) is 6.78. The summed E-state index contributed by atoms with van der Waals surface area (Å²) < 4.78 is 0. The van der Waals surface area contributed by atoms with Gasteiger partial charge in [-0.15, -0.1) is 11.8 Å². The van der Waals surface area contributed by atoms with E-state index in [1.54, 1.807) is 11.8 Å². The molecule has 0 spiro atoms. The molecule has 1 aromatic rings. The van der Waals surface area contributed by atoms with Crippen molar-refractivity contribution in [2.45, 2.75) is 42.7 Å². The lowest BCUT2D eigenvalue weighted by Gasteiger charge is -2.33. The Bertz CT molecular complexity index is 424. The van der Waals surface area contributed by atoms with Crippen molar-refractivity contribution in [3.8, 4) is 0 Å². The molecule has 0 aliphatic heterocycles. The smallest absolute Gasteiger partial charge is 0.253 e. The van der Waals surface area contributed by atoms with E-state index in [1.807, 2.05) is 42.5 Å². The molecule has 3 nitrogen and oxygen atoms in total. The van der Waals surface area contributed by atoms with Crippen molar-refractivity contribution in [3.63, 3.8) is 0 Å². The molecule has 0 saturated heterocycles. The zero-order valence-electron chi connectivity index (χ0n) is 11.6. The predicted molar refractivity (Wildman–Crippen MR) is 80.5 cm³/mol. The number of hydrogen-bond donors (Lipinski definition) is 1. The fourth-order valence-electron chi connectivity index (χ4n) is 2.59. The maximum absolute atomic E-state index is 12.4. The molecule has 1 aliphatic rings. The van der Waals surface area contributed by atoms with Crippen molar-refractivity contribution in [2.24, 2.45) is 5.73 Å². The van der Waals surface area contributed by atoms with Crippen LogP contribution in [0.3, 0.4) is 0 Å². The van der Waals surface area contributed by atoms with Gasteiger partial charge in [0.2, 0.25) is 0 Å². The number of amides is 1. The number of benzene rings is 1. The summed E-state index contributed by atoms with van der Waals surface area (Å²) in [6.45, 7) is 0. The van der Waals surface area contributed by atoms with Gasteiger partial charge in [-0.25, -0.2) is 0 Å². The van der Waals surface area contributed by atoms with Crippen molar-refractivity contribution >= 4 is 17.7 Å². The summed E-state index contributed by atoms with van der Waals surface area (Å²) in [5.41, 5.74) is 6.68. The van der Waals surface area contributed by atoms with Gasteiger partial charge < -0.3 is 10.6 Å². The molecule has 1 amide bonds. The van der Waals surface area contributed by atoms with E-state index >= 15 is 0 Å². The summed E-state index contributed by atoms with van der Waals surface area (Å²) in [6, 6.07) is 8.50. The molecule has 1 saturated carbocycles. The van der Waals surface area contributed by atoms with Crippen LogP contribution in [0.25, 0.3) is 0 Å². The number of nitrogens with two attached hydrogens (primary N) is 1. The van der Waals surface area contributed by atoms with Gasteiger partial charge in [0.05, 0.1) is 0 Å². The Kier molecular flexibility index (Phi) is 4.88. The van der Waals surface area contributed by atoms with Crippen LogP contribution in [0.4, 0.5) is 0 Å². The van der Waals surface area contributed by atoms with Gasteiger partial charge in [0, 0.05) is 29.6 Å². The third-order valence-electron chi connectivity index (χ3n) is 3.95. The van der Waals surface area contributed by atoms with Crippen LogP contribution in [0, 0.1) is 0 Å². The molecule has 2 N–H and O–H groups in total. The average molecular weight is 278 g/mol. The zero-order chi connectivity index (χ0) is 13.8. The van der Waals surface area contributed by atoms with Gasteiger partial charge in [-0.3, -0.25) is 4.79 Å². The molecule has 2 rings (SSSR count). The average Bonchev–Trinajstić information content (AvgIpc) is 2.46. The molecule has 104 valence electrons. The van der Waals surface area contributed by atoms with Gasteiger partial charge >= 0.3 is 0 Å². The van der Waals surface area contributed by atoms with E-state index in [9.17, 15) is 4.79 Å². The van der Waals surface area contributed by atoms with Gasteiger partial charge in [-0.1, -0.05) is 0 Å². The monoisotopic (exact) mass is 278 g/mol. The summed E-state index contributed by atoms with van der Waals surface area (Å²) in [5, 5.41) is 0. The minimum atomic E-state index is 0.119. The first kappa shape index (κ1) is 14.4. The lowest BCUT2D eigenvalue weighted by Crippen LogP contribution is -2.41. The van der Waals surface area contributed by atoms with Crippen LogP contribution < -0.4 is 5.73 Å². The van der Waals surface area contributed by atoms with Crippen LogP contribution in [-0.4, -0.2) is 36.2 Å².